The van der Waals surface area contributed by atoms with Crippen molar-refractivity contribution in [2.45, 2.75) is 39.0 Å². The Labute approximate surface area is 163 Å². The molecule has 1 heterocycles. The van der Waals surface area contributed by atoms with Crippen molar-refractivity contribution in [2.75, 3.05) is 11.4 Å². The van der Waals surface area contributed by atoms with E-state index in [1.807, 2.05) is 30.0 Å². The van der Waals surface area contributed by atoms with Gasteiger partial charge in [-0.3, -0.25) is 4.79 Å². The third kappa shape index (κ3) is 4.57. The summed E-state index contributed by atoms with van der Waals surface area (Å²) in [5.74, 6) is -1.56. The van der Waals surface area contributed by atoms with Gasteiger partial charge in [0.2, 0.25) is 5.91 Å². The van der Waals surface area contributed by atoms with Gasteiger partial charge in [0, 0.05) is 23.9 Å². The Bertz CT molecular complexity index is 896. The molecule has 6 heteroatoms. The van der Waals surface area contributed by atoms with E-state index in [1.165, 1.54) is 17.7 Å². The zero-order valence-electron chi connectivity index (χ0n) is 16.0. The monoisotopic (exact) mass is 386 g/mol. The summed E-state index contributed by atoms with van der Waals surface area (Å²) >= 11 is 0. The fraction of sp³-hybridized carbons (Fsp3) is 0.318. The number of nitrogens with one attached hydrogen (secondary N) is 1. The van der Waals surface area contributed by atoms with E-state index in [0.29, 0.717) is 0 Å². The first kappa shape index (κ1) is 20.0. The summed E-state index contributed by atoms with van der Waals surface area (Å²) in [7, 11) is 0. The van der Waals surface area contributed by atoms with Crippen LogP contribution >= 0.6 is 0 Å². The average Bonchev–Trinajstić information content (AvgIpc) is 2.67. The predicted molar refractivity (Wildman–Crippen MR) is 106 cm³/mol. The molecule has 1 aliphatic rings. The van der Waals surface area contributed by atoms with E-state index >= 15 is 0 Å². The molecule has 4 nitrogen and oxygen atoms in total. The average molecular weight is 386 g/mol. The zero-order chi connectivity index (χ0) is 20.3. The minimum Gasteiger partial charge on any atom is -0.374 e. The van der Waals surface area contributed by atoms with E-state index in [2.05, 4.69) is 5.32 Å². The van der Waals surface area contributed by atoms with Gasteiger partial charge in [-0.2, -0.15) is 0 Å². The van der Waals surface area contributed by atoms with Crippen LogP contribution in [-0.2, 0) is 11.2 Å². The molecule has 28 heavy (non-hydrogen) atoms. The highest BCUT2D eigenvalue weighted by atomic mass is 19.1. The Kier molecular flexibility index (Phi) is 6.09. The summed E-state index contributed by atoms with van der Waals surface area (Å²) < 4.78 is 26.8. The summed E-state index contributed by atoms with van der Waals surface area (Å²) in [5, 5.41) is 12.8. The van der Waals surface area contributed by atoms with Crippen molar-refractivity contribution in [3.8, 4) is 0 Å². The van der Waals surface area contributed by atoms with Crippen LogP contribution in [0.25, 0.3) is 6.08 Å². The number of carbonyl (C=O) groups excluding carboxylic acids is 1. The van der Waals surface area contributed by atoms with Crippen LogP contribution in [0, 0.1) is 11.6 Å². The Morgan fingerprint density at radius 1 is 1.21 bits per heavy atom. The van der Waals surface area contributed by atoms with Gasteiger partial charge in [-0.15, -0.1) is 0 Å². The number of hydrogen-bond donors (Lipinski definition) is 2. The highest BCUT2D eigenvalue weighted by Gasteiger charge is 2.21. The largest absolute Gasteiger partial charge is 0.374 e. The smallest absolute Gasteiger partial charge is 0.244 e. The molecule has 0 bridgehead atoms. The number of hydrogen-bond acceptors (Lipinski definition) is 3. The topological polar surface area (TPSA) is 52.6 Å². The number of nitrogens with zero attached hydrogens (tertiary/aromatic N) is 1. The highest BCUT2D eigenvalue weighted by molar-refractivity contribution is 5.92. The van der Waals surface area contributed by atoms with Gasteiger partial charge in [0.1, 0.15) is 17.9 Å². The molecule has 2 aromatic carbocycles. The predicted octanol–water partition coefficient (Wildman–Crippen LogP) is 3.95. The quantitative estimate of drug-likeness (QED) is 0.765. The maximum Gasteiger partial charge on any atom is 0.244 e. The van der Waals surface area contributed by atoms with Crippen LogP contribution in [0.3, 0.4) is 0 Å². The van der Waals surface area contributed by atoms with E-state index in [9.17, 15) is 18.7 Å². The number of amides is 1. The van der Waals surface area contributed by atoms with Crippen LogP contribution in [0.4, 0.5) is 14.5 Å². The van der Waals surface area contributed by atoms with Crippen LogP contribution in [0.15, 0.2) is 42.5 Å². The number of carbonyl (C=O) groups is 1. The van der Waals surface area contributed by atoms with Gasteiger partial charge >= 0.3 is 0 Å². The molecular weight excluding hydrogens is 362 g/mol. The second kappa shape index (κ2) is 8.52. The van der Waals surface area contributed by atoms with Crippen LogP contribution < -0.4 is 10.2 Å². The number of anilines is 1. The molecule has 2 atom stereocenters. The van der Waals surface area contributed by atoms with E-state index in [1.54, 1.807) is 6.92 Å². The third-order valence-electron chi connectivity index (χ3n) is 4.95. The molecule has 2 N–H and O–H groups in total. The molecule has 1 aliphatic heterocycles. The van der Waals surface area contributed by atoms with Gasteiger partial charge in [-0.05, 0) is 68.2 Å². The number of halogens is 2. The summed E-state index contributed by atoms with van der Waals surface area (Å²) in [6.45, 7) is 4.38. The lowest BCUT2D eigenvalue weighted by atomic mass is 9.97. The molecule has 2 unspecified atom stereocenters. The molecular formula is C22H24F2N2O2. The fourth-order valence-corrected chi connectivity index (χ4v) is 3.43. The van der Waals surface area contributed by atoms with Crippen molar-refractivity contribution in [1.82, 2.24) is 5.32 Å². The molecule has 148 valence electrons. The third-order valence-corrected chi connectivity index (χ3v) is 4.95. The second-order valence-electron chi connectivity index (χ2n) is 7.05. The van der Waals surface area contributed by atoms with Gasteiger partial charge in [-0.25, -0.2) is 8.78 Å². The Balaban J connectivity index is 1.71. The maximum atomic E-state index is 13.6. The number of aliphatic hydroxyl groups is 1. The number of aryl methyl sites for hydroxylation is 1. The van der Waals surface area contributed by atoms with Crippen LogP contribution in [0.5, 0.6) is 0 Å². The second-order valence-corrected chi connectivity index (χ2v) is 7.05. The lowest BCUT2D eigenvalue weighted by Crippen LogP contribution is -2.37. The molecule has 0 aromatic heterocycles. The summed E-state index contributed by atoms with van der Waals surface area (Å²) in [4.78, 5) is 14.1. The molecule has 0 aliphatic carbocycles. The van der Waals surface area contributed by atoms with Gasteiger partial charge in [0.25, 0.3) is 0 Å². The minimum absolute atomic E-state index is 0.0177. The molecule has 3 rings (SSSR count). The van der Waals surface area contributed by atoms with Crippen molar-refractivity contribution in [2.24, 2.45) is 0 Å². The van der Waals surface area contributed by atoms with Gasteiger partial charge in [-0.1, -0.05) is 12.1 Å². The Morgan fingerprint density at radius 2 is 2.00 bits per heavy atom. The first-order chi connectivity index (χ1) is 13.3. The number of rotatable bonds is 5. The first-order valence-electron chi connectivity index (χ1n) is 9.36. The SMILES string of the molecule is CC(NC(=O)C=Cc1cc(F)ccc1F)c1ccc2c(c1)N(C(C)O)CCC2. The summed E-state index contributed by atoms with van der Waals surface area (Å²) in [5.41, 5.74) is 3.09. The van der Waals surface area contributed by atoms with Gasteiger partial charge in [0.05, 0.1) is 6.04 Å². The molecule has 0 fully saturated rings. The van der Waals surface area contributed by atoms with Crippen molar-refractivity contribution < 1.29 is 18.7 Å². The Hall–Kier alpha value is -2.73. The molecule has 0 saturated carbocycles. The van der Waals surface area contributed by atoms with Crippen LogP contribution in [-0.4, -0.2) is 23.8 Å². The Morgan fingerprint density at radius 3 is 2.75 bits per heavy atom. The van der Waals surface area contributed by atoms with Crippen LogP contribution in [0.2, 0.25) is 0 Å². The standard InChI is InChI=1S/C22H24F2N2O2/c1-14(25-22(28)10-7-18-12-19(23)8-9-20(18)24)17-6-5-16-4-3-11-26(15(2)27)21(16)13-17/h5-10,12-15,27H,3-4,11H2,1-2H3,(H,25,28). The van der Waals surface area contributed by atoms with Gasteiger partial charge in [0.15, 0.2) is 0 Å². The molecule has 2 aromatic rings. The lowest BCUT2D eigenvalue weighted by molar-refractivity contribution is -0.117. The van der Waals surface area contributed by atoms with E-state index in [4.69, 9.17) is 0 Å². The summed E-state index contributed by atoms with van der Waals surface area (Å²) in [6.07, 6.45) is 3.81. The maximum absolute atomic E-state index is 13.6. The highest BCUT2D eigenvalue weighted by Crippen LogP contribution is 2.31. The molecule has 0 radical (unpaired) electrons. The molecule has 0 saturated heterocycles. The zero-order valence-corrected chi connectivity index (χ0v) is 16.0. The van der Waals surface area contributed by atoms with Crippen molar-refractivity contribution in [3.05, 3.63) is 70.8 Å². The lowest BCUT2D eigenvalue weighted by Gasteiger charge is -2.34. The van der Waals surface area contributed by atoms with Crippen molar-refractivity contribution >= 4 is 17.7 Å². The molecule has 1 amide bonds. The summed E-state index contributed by atoms with van der Waals surface area (Å²) in [6, 6.07) is 8.79. The van der Waals surface area contributed by atoms with Crippen LogP contribution in [0.1, 0.15) is 43.0 Å². The molecule has 0 spiro atoms. The number of aliphatic hydroxyl groups excluding tert-OH is 1. The minimum atomic E-state index is -0.591. The van der Waals surface area contributed by atoms with E-state index < -0.39 is 23.8 Å². The van der Waals surface area contributed by atoms with Crippen molar-refractivity contribution in [3.63, 3.8) is 0 Å². The number of benzene rings is 2. The van der Waals surface area contributed by atoms with Gasteiger partial charge < -0.3 is 15.3 Å². The number of fused-ring (bicyclic) bond motifs is 1. The van der Waals surface area contributed by atoms with E-state index in [-0.39, 0.29) is 11.6 Å². The fourth-order valence-electron chi connectivity index (χ4n) is 3.43. The van der Waals surface area contributed by atoms with Crippen molar-refractivity contribution in [1.29, 1.82) is 0 Å². The normalized spacial score (nSPS) is 16.0. The first-order valence-corrected chi connectivity index (χ1v) is 9.36. The van der Waals surface area contributed by atoms with E-state index in [0.717, 1.165) is 48.8 Å².